The van der Waals surface area contributed by atoms with Crippen LogP contribution in [0.4, 0.5) is 0 Å². The fourth-order valence-corrected chi connectivity index (χ4v) is 17.6. The van der Waals surface area contributed by atoms with Crippen molar-refractivity contribution in [2.24, 2.45) is 64.6 Å². The van der Waals surface area contributed by atoms with Crippen LogP contribution >= 0.6 is 0 Å². The SMILES string of the molecule is CC1(C)C2CCCCC2C2CCC(N3C4CCCCC4C4CC(C5CCC6C(C5)C5CCCCC5N6C5CCCCC5)CCC43)CC21. The van der Waals surface area contributed by atoms with Gasteiger partial charge in [-0.2, -0.15) is 0 Å². The summed E-state index contributed by atoms with van der Waals surface area (Å²) in [4.78, 5) is 6.62. The monoisotopic (exact) mass is 643 g/mol. The minimum absolute atomic E-state index is 0.597. The first kappa shape index (κ1) is 31.6. The van der Waals surface area contributed by atoms with Gasteiger partial charge in [-0.1, -0.05) is 71.6 Å². The Morgan fingerprint density at radius 1 is 0.340 bits per heavy atom. The molecule has 264 valence electrons. The second-order valence-corrected chi connectivity index (χ2v) is 20.9. The van der Waals surface area contributed by atoms with Crippen molar-refractivity contribution in [1.29, 1.82) is 0 Å². The Balaban J connectivity index is 0.850. The minimum Gasteiger partial charge on any atom is -0.294 e. The number of hydrogen-bond donors (Lipinski definition) is 0. The lowest BCUT2D eigenvalue weighted by Crippen LogP contribution is -2.51. The Kier molecular flexibility index (Phi) is 8.45. The number of nitrogens with zero attached hydrogens (tertiary/aromatic N) is 2. The molecule has 2 heteroatoms. The summed E-state index contributed by atoms with van der Waals surface area (Å²) in [7, 11) is 0. The van der Waals surface area contributed by atoms with Crippen LogP contribution in [0.5, 0.6) is 0 Å². The maximum Gasteiger partial charge on any atom is 0.0133 e. The van der Waals surface area contributed by atoms with Crippen LogP contribution in [-0.4, -0.2) is 46.1 Å². The van der Waals surface area contributed by atoms with Crippen molar-refractivity contribution in [3.05, 3.63) is 0 Å². The molecule has 0 aromatic carbocycles. The Morgan fingerprint density at radius 2 is 0.830 bits per heavy atom. The molecule has 47 heavy (non-hydrogen) atoms. The first-order valence-corrected chi connectivity index (χ1v) is 22.6. The van der Waals surface area contributed by atoms with E-state index in [-0.39, 0.29) is 0 Å². The van der Waals surface area contributed by atoms with Crippen LogP contribution in [0.3, 0.4) is 0 Å². The molecule has 8 aliphatic carbocycles. The van der Waals surface area contributed by atoms with Crippen molar-refractivity contribution in [3.63, 3.8) is 0 Å². The number of hydrogen-bond acceptors (Lipinski definition) is 2. The van der Waals surface area contributed by atoms with E-state index in [0.29, 0.717) is 5.41 Å². The van der Waals surface area contributed by atoms with E-state index in [2.05, 4.69) is 23.6 Å². The van der Waals surface area contributed by atoms with Gasteiger partial charge in [0.15, 0.2) is 0 Å². The normalized spacial score (nSPS) is 53.4. The molecule has 0 bridgehead atoms. The third kappa shape index (κ3) is 5.09. The van der Waals surface area contributed by atoms with Gasteiger partial charge in [0, 0.05) is 36.3 Å². The quantitative estimate of drug-likeness (QED) is 0.302. The Labute approximate surface area is 290 Å². The molecule has 0 aromatic heterocycles. The average Bonchev–Trinajstić information content (AvgIpc) is 3.71. The summed E-state index contributed by atoms with van der Waals surface area (Å²) < 4.78 is 0. The predicted octanol–water partition coefficient (Wildman–Crippen LogP) is 11.3. The average molecular weight is 643 g/mol. The summed E-state index contributed by atoms with van der Waals surface area (Å²) in [6, 6.07) is 5.76. The van der Waals surface area contributed by atoms with Crippen LogP contribution in [0.25, 0.3) is 0 Å². The van der Waals surface area contributed by atoms with Crippen molar-refractivity contribution in [1.82, 2.24) is 9.80 Å². The van der Waals surface area contributed by atoms with Gasteiger partial charge in [0.05, 0.1) is 0 Å². The van der Waals surface area contributed by atoms with E-state index in [1.165, 1.54) is 57.8 Å². The van der Waals surface area contributed by atoms with Crippen LogP contribution in [0.2, 0.25) is 0 Å². The smallest absolute Gasteiger partial charge is 0.0133 e. The molecule has 10 aliphatic rings. The summed E-state index contributed by atoms with van der Waals surface area (Å²) in [6.45, 7) is 5.49. The fraction of sp³-hybridized carbons (Fsp3) is 1.00. The Morgan fingerprint density at radius 3 is 1.47 bits per heavy atom. The second-order valence-electron chi connectivity index (χ2n) is 20.9. The molecule has 2 saturated heterocycles. The van der Waals surface area contributed by atoms with Crippen LogP contribution in [-0.2, 0) is 0 Å². The van der Waals surface area contributed by atoms with E-state index in [0.717, 1.165) is 95.4 Å². The van der Waals surface area contributed by atoms with Gasteiger partial charge in [-0.3, -0.25) is 9.80 Å². The van der Waals surface area contributed by atoms with E-state index < -0.39 is 0 Å². The third-order valence-electron chi connectivity index (χ3n) is 19.2. The van der Waals surface area contributed by atoms with Crippen LogP contribution in [0.1, 0.15) is 181 Å². The van der Waals surface area contributed by atoms with Crippen molar-refractivity contribution in [2.45, 2.75) is 217 Å². The number of fused-ring (bicyclic) bond motifs is 9. The maximum absolute atomic E-state index is 3.36. The highest BCUT2D eigenvalue weighted by atomic mass is 15.3. The van der Waals surface area contributed by atoms with Crippen LogP contribution in [0.15, 0.2) is 0 Å². The zero-order valence-corrected chi connectivity index (χ0v) is 31.0. The van der Waals surface area contributed by atoms with Crippen molar-refractivity contribution >= 4 is 0 Å². The van der Waals surface area contributed by atoms with E-state index in [4.69, 9.17) is 0 Å². The zero-order chi connectivity index (χ0) is 31.3. The molecule has 2 nitrogen and oxygen atoms in total. The highest BCUT2D eigenvalue weighted by Gasteiger charge is 2.60. The molecule has 0 aromatic rings. The lowest BCUT2D eigenvalue weighted by Gasteiger charge is -2.48. The van der Waals surface area contributed by atoms with E-state index in [9.17, 15) is 0 Å². The number of likely N-dealkylation sites (tertiary alicyclic amines) is 2. The predicted molar refractivity (Wildman–Crippen MR) is 195 cm³/mol. The van der Waals surface area contributed by atoms with Gasteiger partial charge in [-0.05, 0) is 174 Å². The fourth-order valence-electron chi connectivity index (χ4n) is 17.6. The molecule has 0 radical (unpaired) electrons. The van der Waals surface area contributed by atoms with Gasteiger partial charge in [-0.25, -0.2) is 0 Å². The lowest BCUT2D eigenvalue weighted by atomic mass is 9.62. The van der Waals surface area contributed by atoms with Crippen molar-refractivity contribution in [3.8, 4) is 0 Å². The molecular weight excluding hydrogens is 569 g/mol. The summed E-state index contributed by atoms with van der Waals surface area (Å²) in [5.41, 5.74) is 0.597. The Bertz CT molecular complexity index is 1110. The molecule has 0 spiro atoms. The van der Waals surface area contributed by atoms with Gasteiger partial charge in [0.1, 0.15) is 0 Å². The van der Waals surface area contributed by atoms with E-state index >= 15 is 0 Å². The van der Waals surface area contributed by atoms with Crippen molar-refractivity contribution < 1.29 is 0 Å². The number of rotatable bonds is 3. The van der Waals surface area contributed by atoms with Crippen molar-refractivity contribution in [2.75, 3.05) is 0 Å². The standard InChI is InChI=1S/C45H74N2/c1-45(2)39-17-9-6-14-33(39)34-23-22-32(28-40(34)45)47-42-19-11-8-16-36(42)38-27-30(21-25-44(38)47)29-20-24-43-37(26-29)35-15-7-10-18-41(35)46(43)31-12-4-3-5-13-31/h29-44H,3-28H2,1-2H3. The minimum atomic E-state index is 0.597. The summed E-state index contributed by atoms with van der Waals surface area (Å²) in [5.74, 6) is 10.6. The lowest BCUT2D eigenvalue weighted by molar-refractivity contribution is 0.00672. The molecule has 0 N–H and O–H groups in total. The van der Waals surface area contributed by atoms with Gasteiger partial charge in [-0.15, -0.1) is 0 Å². The van der Waals surface area contributed by atoms with Crippen LogP contribution < -0.4 is 0 Å². The molecule has 0 amide bonds. The first-order chi connectivity index (χ1) is 23.1. The molecule has 2 heterocycles. The molecule has 15 atom stereocenters. The molecule has 15 unspecified atom stereocenters. The van der Waals surface area contributed by atoms with Gasteiger partial charge in [0.2, 0.25) is 0 Å². The highest BCUT2D eigenvalue weighted by Crippen LogP contribution is 2.65. The van der Waals surface area contributed by atoms with Gasteiger partial charge < -0.3 is 0 Å². The van der Waals surface area contributed by atoms with Crippen LogP contribution in [0, 0.1) is 64.6 Å². The molecular formula is C45H74N2. The highest BCUT2D eigenvalue weighted by molar-refractivity contribution is 5.12. The Hall–Kier alpha value is -0.0800. The molecule has 8 saturated carbocycles. The maximum atomic E-state index is 3.36. The summed E-state index contributed by atoms with van der Waals surface area (Å²) in [6.07, 6.45) is 40.5. The van der Waals surface area contributed by atoms with E-state index in [1.54, 1.807) is 109 Å². The van der Waals surface area contributed by atoms with Gasteiger partial charge in [0.25, 0.3) is 0 Å². The summed E-state index contributed by atoms with van der Waals surface area (Å²) in [5, 5.41) is 0. The molecule has 2 aliphatic heterocycles. The molecule has 10 rings (SSSR count). The van der Waals surface area contributed by atoms with E-state index in [1.807, 2.05) is 0 Å². The largest absolute Gasteiger partial charge is 0.294 e. The second kappa shape index (κ2) is 12.6. The summed E-state index contributed by atoms with van der Waals surface area (Å²) >= 11 is 0. The first-order valence-electron chi connectivity index (χ1n) is 22.6. The third-order valence-corrected chi connectivity index (χ3v) is 19.2. The van der Waals surface area contributed by atoms with Gasteiger partial charge >= 0.3 is 0 Å². The topological polar surface area (TPSA) is 6.48 Å². The molecule has 10 fully saturated rings. The zero-order valence-electron chi connectivity index (χ0n) is 31.0.